The van der Waals surface area contributed by atoms with Crippen LogP contribution in [-0.2, 0) is 16.8 Å². The minimum Gasteiger partial charge on any atom is -0.493 e. The summed E-state index contributed by atoms with van der Waals surface area (Å²) >= 11 is 0. The number of nitrogens with zero attached hydrogens (tertiary/aromatic N) is 3. The first-order chi connectivity index (χ1) is 14.6. The molecule has 3 heterocycles. The Kier molecular flexibility index (Phi) is 6.44. The molecular weight excluding hydrogens is 378 g/mol. The molecule has 0 radical (unpaired) electrons. The van der Waals surface area contributed by atoms with Crippen molar-refractivity contribution in [1.82, 2.24) is 9.88 Å². The van der Waals surface area contributed by atoms with E-state index in [4.69, 9.17) is 14.2 Å². The summed E-state index contributed by atoms with van der Waals surface area (Å²) in [5, 5.41) is 0. The summed E-state index contributed by atoms with van der Waals surface area (Å²) in [6.45, 7) is 8.29. The molecule has 4 rings (SSSR count). The fourth-order valence-corrected chi connectivity index (χ4v) is 4.67. The zero-order valence-electron chi connectivity index (χ0n) is 18.4. The van der Waals surface area contributed by atoms with Crippen molar-refractivity contribution < 1.29 is 14.2 Å². The van der Waals surface area contributed by atoms with Crippen molar-refractivity contribution in [3.05, 3.63) is 47.7 Å². The van der Waals surface area contributed by atoms with Crippen LogP contribution in [0.2, 0.25) is 0 Å². The van der Waals surface area contributed by atoms with Crippen molar-refractivity contribution in [1.29, 1.82) is 0 Å². The number of ether oxygens (including phenoxy) is 3. The molecule has 162 valence electrons. The number of piperazine rings is 1. The maximum atomic E-state index is 6.30. The van der Waals surface area contributed by atoms with Crippen LogP contribution in [0, 0.1) is 0 Å². The SMILES string of the molecule is COc1cc2c(cc1OC)C(C)(CCCN1CCN(c3ccccn3)CC1)OCC2. The Labute approximate surface area is 179 Å². The van der Waals surface area contributed by atoms with Gasteiger partial charge in [0.15, 0.2) is 11.5 Å². The van der Waals surface area contributed by atoms with Gasteiger partial charge in [-0.05, 0) is 68.1 Å². The summed E-state index contributed by atoms with van der Waals surface area (Å²) in [4.78, 5) is 9.41. The quantitative estimate of drug-likeness (QED) is 0.695. The first-order valence-corrected chi connectivity index (χ1v) is 10.9. The van der Waals surface area contributed by atoms with E-state index in [2.05, 4.69) is 46.0 Å². The Hall–Kier alpha value is -2.31. The molecule has 30 heavy (non-hydrogen) atoms. The monoisotopic (exact) mass is 411 g/mol. The van der Waals surface area contributed by atoms with Crippen molar-refractivity contribution in [2.75, 3.05) is 58.5 Å². The van der Waals surface area contributed by atoms with Crippen LogP contribution in [-0.4, -0.2) is 63.4 Å². The zero-order chi connectivity index (χ0) is 21.0. The molecule has 0 bridgehead atoms. The van der Waals surface area contributed by atoms with Crippen LogP contribution >= 0.6 is 0 Å². The van der Waals surface area contributed by atoms with Gasteiger partial charge in [0.1, 0.15) is 5.82 Å². The van der Waals surface area contributed by atoms with Crippen molar-refractivity contribution in [2.45, 2.75) is 31.8 Å². The van der Waals surface area contributed by atoms with E-state index in [-0.39, 0.29) is 5.60 Å². The van der Waals surface area contributed by atoms with Crippen molar-refractivity contribution >= 4 is 5.82 Å². The summed E-state index contributed by atoms with van der Waals surface area (Å²) in [5.41, 5.74) is 2.28. The highest BCUT2D eigenvalue weighted by Crippen LogP contribution is 2.42. The van der Waals surface area contributed by atoms with Gasteiger partial charge >= 0.3 is 0 Å². The van der Waals surface area contributed by atoms with Crippen LogP contribution in [0.15, 0.2) is 36.5 Å². The zero-order valence-corrected chi connectivity index (χ0v) is 18.4. The number of methoxy groups -OCH3 is 2. The number of aromatic nitrogens is 1. The number of hydrogen-bond acceptors (Lipinski definition) is 6. The maximum absolute atomic E-state index is 6.30. The lowest BCUT2D eigenvalue weighted by molar-refractivity contribution is -0.0548. The number of hydrogen-bond donors (Lipinski definition) is 0. The average Bonchev–Trinajstić information content (AvgIpc) is 2.79. The van der Waals surface area contributed by atoms with Gasteiger partial charge in [-0.1, -0.05) is 6.07 Å². The molecule has 0 amide bonds. The van der Waals surface area contributed by atoms with E-state index in [1.54, 1.807) is 14.2 Å². The molecule has 1 aromatic carbocycles. The lowest BCUT2D eigenvalue weighted by Crippen LogP contribution is -2.47. The number of anilines is 1. The largest absolute Gasteiger partial charge is 0.493 e. The molecule has 6 nitrogen and oxygen atoms in total. The van der Waals surface area contributed by atoms with Gasteiger partial charge < -0.3 is 19.1 Å². The fraction of sp³-hybridized carbons (Fsp3) is 0.542. The molecule has 1 fully saturated rings. The predicted octanol–water partition coefficient (Wildman–Crippen LogP) is 3.49. The van der Waals surface area contributed by atoms with E-state index in [9.17, 15) is 0 Å². The molecule has 0 aliphatic carbocycles. The Morgan fingerprint density at radius 3 is 2.53 bits per heavy atom. The molecule has 1 saturated heterocycles. The molecular formula is C24H33N3O3. The van der Waals surface area contributed by atoms with Gasteiger partial charge in [0, 0.05) is 32.4 Å². The highest BCUT2D eigenvalue weighted by Gasteiger charge is 2.34. The molecule has 2 aliphatic heterocycles. The molecule has 2 aliphatic rings. The molecule has 0 N–H and O–H groups in total. The Balaban J connectivity index is 1.34. The molecule has 1 atom stereocenters. The van der Waals surface area contributed by atoms with Crippen LogP contribution in [0.5, 0.6) is 11.5 Å². The van der Waals surface area contributed by atoms with Gasteiger partial charge in [-0.3, -0.25) is 4.90 Å². The maximum Gasteiger partial charge on any atom is 0.161 e. The highest BCUT2D eigenvalue weighted by molar-refractivity contribution is 5.50. The summed E-state index contributed by atoms with van der Waals surface area (Å²) in [7, 11) is 3.38. The Morgan fingerprint density at radius 1 is 1.07 bits per heavy atom. The third kappa shape index (κ3) is 4.40. The van der Waals surface area contributed by atoms with Crippen LogP contribution in [0.3, 0.4) is 0 Å². The summed E-state index contributed by atoms with van der Waals surface area (Å²) in [6.07, 6.45) is 4.89. The van der Waals surface area contributed by atoms with Gasteiger partial charge in [0.2, 0.25) is 0 Å². The van der Waals surface area contributed by atoms with Crippen LogP contribution in [0.25, 0.3) is 0 Å². The Morgan fingerprint density at radius 2 is 1.83 bits per heavy atom. The van der Waals surface area contributed by atoms with Gasteiger partial charge in [-0.2, -0.15) is 0 Å². The second kappa shape index (κ2) is 9.23. The van der Waals surface area contributed by atoms with Gasteiger partial charge in [0.05, 0.1) is 26.4 Å². The smallest absolute Gasteiger partial charge is 0.161 e. The van der Waals surface area contributed by atoms with E-state index >= 15 is 0 Å². The van der Waals surface area contributed by atoms with Crippen molar-refractivity contribution in [2.24, 2.45) is 0 Å². The topological polar surface area (TPSA) is 47.1 Å². The van der Waals surface area contributed by atoms with Crippen molar-refractivity contribution in [3.8, 4) is 11.5 Å². The molecule has 1 unspecified atom stereocenters. The summed E-state index contributed by atoms with van der Waals surface area (Å²) < 4.78 is 17.3. The van der Waals surface area contributed by atoms with E-state index in [0.29, 0.717) is 0 Å². The first-order valence-electron chi connectivity index (χ1n) is 10.9. The number of pyridine rings is 1. The van der Waals surface area contributed by atoms with Gasteiger partial charge in [-0.15, -0.1) is 0 Å². The summed E-state index contributed by atoms with van der Waals surface area (Å²) in [5.74, 6) is 2.66. The first kappa shape index (κ1) is 20.9. The second-order valence-corrected chi connectivity index (χ2v) is 8.31. The molecule has 0 spiro atoms. The molecule has 2 aromatic rings. The van der Waals surface area contributed by atoms with Crippen LogP contribution in [0.4, 0.5) is 5.82 Å². The van der Waals surface area contributed by atoms with E-state index in [1.165, 1.54) is 11.1 Å². The normalized spacial score (nSPS) is 21.9. The Bertz CT molecular complexity index is 837. The highest BCUT2D eigenvalue weighted by atomic mass is 16.5. The van der Waals surface area contributed by atoms with Crippen LogP contribution in [0.1, 0.15) is 30.9 Å². The minimum atomic E-state index is -0.275. The third-order valence-electron chi connectivity index (χ3n) is 6.44. The average molecular weight is 412 g/mol. The van der Waals surface area contributed by atoms with Crippen molar-refractivity contribution in [3.63, 3.8) is 0 Å². The van der Waals surface area contributed by atoms with E-state index in [0.717, 1.165) is 75.9 Å². The summed E-state index contributed by atoms with van der Waals surface area (Å²) in [6, 6.07) is 10.3. The van der Waals surface area contributed by atoms with Gasteiger partial charge in [-0.25, -0.2) is 4.98 Å². The molecule has 6 heteroatoms. The van der Waals surface area contributed by atoms with E-state index in [1.807, 2.05) is 12.3 Å². The number of rotatable bonds is 7. The molecule has 0 saturated carbocycles. The second-order valence-electron chi connectivity index (χ2n) is 8.31. The third-order valence-corrected chi connectivity index (χ3v) is 6.44. The predicted molar refractivity (Wildman–Crippen MR) is 119 cm³/mol. The minimum absolute atomic E-state index is 0.275. The van der Waals surface area contributed by atoms with Gasteiger partial charge in [0.25, 0.3) is 0 Å². The lowest BCUT2D eigenvalue weighted by Gasteiger charge is -2.38. The molecule has 1 aromatic heterocycles. The number of benzene rings is 1. The van der Waals surface area contributed by atoms with E-state index < -0.39 is 0 Å². The fourth-order valence-electron chi connectivity index (χ4n) is 4.67. The lowest BCUT2D eigenvalue weighted by atomic mass is 9.84. The van der Waals surface area contributed by atoms with Crippen LogP contribution < -0.4 is 14.4 Å². The standard InChI is InChI=1S/C24H33N3O3/c1-24(20-18-22(29-3)21(28-2)17-19(20)8-16-30-24)9-6-11-26-12-14-27(15-13-26)23-7-4-5-10-25-23/h4-5,7,10,17-18H,6,8-9,11-16H2,1-3H3. The number of fused-ring (bicyclic) bond motifs is 1.